The monoisotopic (exact) mass is 302 g/mol. The van der Waals surface area contributed by atoms with Crippen LogP contribution in [0.5, 0.6) is 5.75 Å². The highest BCUT2D eigenvalue weighted by Crippen LogP contribution is 2.32. The summed E-state index contributed by atoms with van der Waals surface area (Å²) in [4.78, 5) is 30.7. The van der Waals surface area contributed by atoms with E-state index < -0.39 is 0 Å². The number of amides is 2. The van der Waals surface area contributed by atoms with Crippen molar-refractivity contribution in [3.8, 4) is 5.75 Å². The fraction of sp³-hybridized carbons (Fsp3) is 0.286. The zero-order valence-electron chi connectivity index (χ0n) is 12.1. The first-order valence-corrected chi connectivity index (χ1v) is 6.62. The van der Waals surface area contributed by atoms with Crippen LogP contribution in [0, 0.1) is 0 Å². The molecule has 1 aliphatic rings. The van der Waals surface area contributed by atoms with Crippen LogP contribution in [-0.2, 0) is 11.3 Å². The SMILES string of the molecule is CN(C)C(=O)c1nc(CN2C(=O)COc3ccccc32)no1. The lowest BCUT2D eigenvalue weighted by atomic mass is 10.2. The van der Waals surface area contributed by atoms with E-state index in [-0.39, 0.29) is 36.7 Å². The van der Waals surface area contributed by atoms with Crippen molar-refractivity contribution in [3.63, 3.8) is 0 Å². The van der Waals surface area contributed by atoms with Gasteiger partial charge < -0.3 is 14.2 Å². The van der Waals surface area contributed by atoms with E-state index in [4.69, 9.17) is 9.26 Å². The van der Waals surface area contributed by atoms with E-state index in [9.17, 15) is 9.59 Å². The maximum atomic E-state index is 12.0. The van der Waals surface area contributed by atoms with E-state index in [0.29, 0.717) is 11.4 Å². The molecule has 2 amide bonds. The number of fused-ring (bicyclic) bond motifs is 1. The zero-order chi connectivity index (χ0) is 15.7. The molecule has 1 aromatic heterocycles. The molecular formula is C14H14N4O4. The topological polar surface area (TPSA) is 88.8 Å². The number of carbonyl (C=O) groups excluding carboxylic acids is 2. The second-order valence-corrected chi connectivity index (χ2v) is 4.95. The van der Waals surface area contributed by atoms with E-state index >= 15 is 0 Å². The van der Waals surface area contributed by atoms with Crippen LogP contribution < -0.4 is 9.64 Å². The van der Waals surface area contributed by atoms with Crippen molar-refractivity contribution in [1.82, 2.24) is 15.0 Å². The minimum Gasteiger partial charge on any atom is -0.482 e. The maximum Gasteiger partial charge on any atom is 0.316 e. The van der Waals surface area contributed by atoms with E-state index in [0.717, 1.165) is 0 Å². The fourth-order valence-corrected chi connectivity index (χ4v) is 2.07. The summed E-state index contributed by atoms with van der Waals surface area (Å²) in [6.45, 7) is 0.0712. The second kappa shape index (κ2) is 5.47. The third-order valence-electron chi connectivity index (χ3n) is 3.17. The van der Waals surface area contributed by atoms with Gasteiger partial charge in [0, 0.05) is 14.1 Å². The molecule has 0 spiro atoms. The summed E-state index contributed by atoms with van der Waals surface area (Å²) in [5.41, 5.74) is 0.643. The molecule has 8 heteroatoms. The van der Waals surface area contributed by atoms with Crippen LogP contribution in [0.15, 0.2) is 28.8 Å². The lowest BCUT2D eigenvalue weighted by Crippen LogP contribution is -2.38. The average molecular weight is 302 g/mol. The molecule has 0 atom stereocenters. The van der Waals surface area contributed by atoms with Gasteiger partial charge in [0.05, 0.1) is 12.2 Å². The number of rotatable bonds is 3. The number of aromatic nitrogens is 2. The summed E-state index contributed by atoms with van der Waals surface area (Å²) in [7, 11) is 3.18. The number of ether oxygens (including phenoxy) is 1. The van der Waals surface area contributed by atoms with Crippen molar-refractivity contribution < 1.29 is 18.8 Å². The highest BCUT2D eigenvalue weighted by Gasteiger charge is 2.27. The minimum absolute atomic E-state index is 0.0433. The Labute approximate surface area is 126 Å². The molecule has 0 saturated carbocycles. The van der Waals surface area contributed by atoms with Gasteiger partial charge in [-0.2, -0.15) is 4.98 Å². The van der Waals surface area contributed by atoms with Crippen LogP contribution in [0.25, 0.3) is 0 Å². The Kier molecular flexibility index (Phi) is 3.50. The highest BCUT2D eigenvalue weighted by atomic mass is 16.5. The summed E-state index contributed by atoms with van der Waals surface area (Å²) >= 11 is 0. The van der Waals surface area contributed by atoms with E-state index in [2.05, 4.69) is 10.1 Å². The van der Waals surface area contributed by atoms with Crippen LogP contribution >= 0.6 is 0 Å². The molecule has 0 N–H and O–H groups in total. The van der Waals surface area contributed by atoms with Gasteiger partial charge in [-0.1, -0.05) is 17.3 Å². The average Bonchev–Trinajstić information content (AvgIpc) is 2.98. The van der Waals surface area contributed by atoms with Crippen molar-refractivity contribution in [2.24, 2.45) is 0 Å². The number of para-hydroxylation sites is 2. The Morgan fingerprint density at radius 2 is 2.14 bits per heavy atom. The third kappa shape index (κ3) is 2.50. The number of nitrogens with zero attached hydrogens (tertiary/aromatic N) is 4. The quantitative estimate of drug-likeness (QED) is 0.829. The molecule has 22 heavy (non-hydrogen) atoms. The predicted octanol–water partition coefficient (Wildman–Crippen LogP) is 0.697. The first-order chi connectivity index (χ1) is 10.6. The van der Waals surface area contributed by atoms with Crippen LogP contribution in [0.3, 0.4) is 0 Å². The van der Waals surface area contributed by atoms with Crippen molar-refractivity contribution in [2.75, 3.05) is 25.6 Å². The molecule has 1 aliphatic heterocycles. The van der Waals surface area contributed by atoms with Gasteiger partial charge in [0.15, 0.2) is 12.4 Å². The van der Waals surface area contributed by atoms with Gasteiger partial charge in [-0.05, 0) is 12.1 Å². The Balaban J connectivity index is 1.84. The standard InChI is InChI=1S/C14H14N4O4/c1-17(2)14(20)13-15-11(16-22-13)7-18-9-5-3-4-6-10(9)21-8-12(18)19/h3-6H,7-8H2,1-2H3. The zero-order valence-corrected chi connectivity index (χ0v) is 12.1. The van der Waals surface area contributed by atoms with Gasteiger partial charge in [0.1, 0.15) is 5.75 Å². The summed E-state index contributed by atoms with van der Waals surface area (Å²) < 4.78 is 10.3. The molecule has 0 fully saturated rings. The van der Waals surface area contributed by atoms with Gasteiger partial charge in [-0.15, -0.1) is 0 Å². The number of hydrogen-bond donors (Lipinski definition) is 0. The minimum atomic E-state index is -0.382. The third-order valence-corrected chi connectivity index (χ3v) is 3.17. The van der Waals surface area contributed by atoms with Crippen LogP contribution in [-0.4, -0.2) is 47.6 Å². The summed E-state index contributed by atoms with van der Waals surface area (Å²) in [5.74, 6) is 0.191. The van der Waals surface area contributed by atoms with Crippen LogP contribution in [0.4, 0.5) is 5.69 Å². The van der Waals surface area contributed by atoms with Gasteiger partial charge in [-0.3, -0.25) is 14.5 Å². The molecule has 0 aliphatic carbocycles. The lowest BCUT2D eigenvalue weighted by Gasteiger charge is -2.28. The number of hydrogen-bond acceptors (Lipinski definition) is 6. The lowest BCUT2D eigenvalue weighted by molar-refractivity contribution is -0.121. The number of anilines is 1. The molecule has 114 valence electrons. The maximum absolute atomic E-state index is 12.0. The van der Waals surface area contributed by atoms with Crippen molar-refractivity contribution in [3.05, 3.63) is 36.0 Å². The Bertz CT molecular complexity index is 725. The van der Waals surface area contributed by atoms with Gasteiger partial charge in [0.25, 0.3) is 5.91 Å². The van der Waals surface area contributed by atoms with Crippen molar-refractivity contribution in [1.29, 1.82) is 0 Å². The second-order valence-electron chi connectivity index (χ2n) is 4.95. The molecule has 3 rings (SSSR count). The highest BCUT2D eigenvalue weighted by molar-refractivity contribution is 5.97. The summed E-state index contributed by atoms with van der Waals surface area (Å²) in [5, 5.41) is 3.75. The molecule has 2 heterocycles. The molecule has 1 aromatic carbocycles. The first kappa shape index (κ1) is 14.1. The van der Waals surface area contributed by atoms with E-state index in [1.807, 2.05) is 12.1 Å². The Morgan fingerprint density at radius 3 is 2.91 bits per heavy atom. The van der Waals surface area contributed by atoms with Gasteiger partial charge in [-0.25, -0.2) is 0 Å². The fourth-order valence-electron chi connectivity index (χ4n) is 2.07. The van der Waals surface area contributed by atoms with E-state index in [1.54, 1.807) is 26.2 Å². The summed E-state index contributed by atoms with van der Waals surface area (Å²) in [6, 6.07) is 7.20. The molecule has 2 aromatic rings. The van der Waals surface area contributed by atoms with Crippen molar-refractivity contribution in [2.45, 2.75) is 6.54 Å². The largest absolute Gasteiger partial charge is 0.482 e. The number of carbonyl (C=O) groups is 2. The molecule has 0 unspecified atom stereocenters. The molecule has 0 saturated heterocycles. The molecular weight excluding hydrogens is 288 g/mol. The molecule has 0 bridgehead atoms. The molecule has 0 radical (unpaired) electrons. The number of benzene rings is 1. The first-order valence-electron chi connectivity index (χ1n) is 6.62. The van der Waals surface area contributed by atoms with Crippen LogP contribution in [0.2, 0.25) is 0 Å². The van der Waals surface area contributed by atoms with Crippen LogP contribution in [0.1, 0.15) is 16.5 Å². The Hall–Kier alpha value is -2.90. The molecule has 8 nitrogen and oxygen atoms in total. The normalized spacial score (nSPS) is 13.5. The summed E-state index contributed by atoms with van der Waals surface area (Å²) in [6.07, 6.45) is 0. The Morgan fingerprint density at radius 1 is 1.36 bits per heavy atom. The predicted molar refractivity (Wildman–Crippen MR) is 75.4 cm³/mol. The van der Waals surface area contributed by atoms with E-state index in [1.165, 1.54) is 9.80 Å². The smallest absolute Gasteiger partial charge is 0.316 e. The van der Waals surface area contributed by atoms with Gasteiger partial charge >= 0.3 is 11.8 Å². The van der Waals surface area contributed by atoms with Gasteiger partial charge in [0.2, 0.25) is 0 Å². The van der Waals surface area contributed by atoms with Crippen molar-refractivity contribution >= 4 is 17.5 Å².